The van der Waals surface area contributed by atoms with Crippen molar-refractivity contribution in [2.24, 2.45) is 5.73 Å². The van der Waals surface area contributed by atoms with Crippen LogP contribution in [0.1, 0.15) is 11.1 Å². The number of nitrogens with two attached hydrogens (primary N) is 1. The third kappa shape index (κ3) is 3.61. The fourth-order valence-electron chi connectivity index (χ4n) is 1.80. The second-order valence-electron chi connectivity index (χ2n) is 4.54. The number of aryl methyl sites for hydroxylation is 1. The van der Waals surface area contributed by atoms with Gasteiger partial charge in [0.2, 0.25) is 0 Å². The van der Waals surface area contributed by atoms with Gasteiger partial charge in [0, 0.05) is 16.7 Å². The van der Waals surface area contributed by atoms with Crippen LogP contribution in [0.15, 0.2) is 45.8 Å². The zero-order chi connectivity index (χ0) is 15.6. The van der Waals surface area contributed by atoms with Crippen LogP contribution in [0.25, 0.3) is 0 Å². The van der Waals surface area contributed by atoms with Crippen LogP contribution in [0, 0.1) is 12.7 Å². The Morgan fingerprint density at radius 3 is 2.57 bits per heavy atom. The molecule has 0 atom stereocenters. The molecule has 0 aliphatic carbocycles. The van der Waals surface area contributed by atoms with Gasteiger partial charge in [-0.1, -0.05) is 22.0 Å². The number of anilines is 1. The number of hydrogen-bond donors (Lipinski definition) is 2. The second kappa shape index (κ2) is 6.13. The van der Waals surface area contributed by atoms with Gasteiger partial charge in [0.25, 0.3) is 10.0 Å². The van der Waals surface area contributed by atoms with Gasteiger partial charge >= 0.3 is 0 Å². The molecular formula is C14H14BrFN2O2S. The maximum absolute atomic E-state index is 13.8. The van der Waals surface area contributed by atoms with Crippen molar-refractivity contribution >= 4 is 31.6 Å². The molecule has 0 amide bonds. The third-order valence-electron chi connectivity index (χ3n) is 2.93. The Morgan fingerprint density at radius 2 is 1.95 bits per heavy atom. The minimum Gasteiger partial charge on any atom is -0.326 e. The van der Waals surface area contributed by atoms with E-state index < -0.39 is 20.7 Å². The average molecular weight is 373 g/mol. The lowest BCUT2D eigenvalue weighted by Gasteiger charge is -2.11. The van der Waals surface area contributed by atoms with Crippen molar-refractivity contribution in [3.8, 4) is 0 Å². The quantitative estimate of drug-likeness (QED) is 0.865. The van der Waals surface area contributed by atoms with Gasteiger partial charge in [-0.2, -0.15) is 0 Å². The van der Waals surface area contributed by atoms with Crippen LogP contribution in [0.3, 0.4) is 0 Å². The van der Waals surface area contributed by atoms with Crippen molar-refractivity contribution < 1.29 is 12.8 Å². The number of rotatable bonds is 4. The Balaban J connectivity index is 2.40. The Kier molecular flexibility index (Phi) is 4.65. The van der Waals surface area contributed by atoms with E-state index in [0.717, 1.165) is 16.1 Å². The second-order valence-corrected chi connectivity index (χ2v) is 7.04. The first-order valence-corrected chi connectivity index (χ1v) is 8.38. The van der Waals surface area contributed by atoms with E-state index in [1.54, 1.807) is 18.2 Å². The van der Waals surface area contributed by atoms with Crippen molar-refractivity contribution in [2.75, 3.05) is 4.72 Å². The standard InChI is InChI=1S/C14H14BrFN2O2S/c1-9-6-11(3-4-12(9)15)18-21(19,20)14-7-10(8-17)2-5-13(14)16/h2-7,18H,8,17H2,1H3. The van der Waals surface area contributed by atoms with Gasteiger partial charge in [-0.15, -0.1) is 0 Å². The van der Waals surface area contributed by atoms with Gasteiger partial charge in [0.15, 0.2) is 0 Å². The first kappa shape index (κ1) is 15.9. The number of halogens is 2. The fraction of sp³-hybridized carbons (Fsp3) is 0.143. The van der Waals surface area contributed by atoms with Crippen molar-refractivity contribution in [1.29, 1.82) is 0 Å². The number of hydrogen-bond acceptors (Lipinski definition) is 3. The zero-order valence-electron chi connectivity index (χ0n) is 11.2. The number of nitrogens with one attached hydrogen (secondary N) is 1. The number of benzene rings is 2. The van der Waals surface area contributed by atoms with Gasteiger partial charge < -0.3 is 5.73 Å². The summed E-state index contributed by atoms with van der Waals surface area (Å²) in [5.74, 6) is -0.812. The molecule has 0 bridgehead atoms. The summed E-state index contributed by atoms with van der Waals surface area (Å²) in [6.07, 6.45) is 0. The summed E-state index contributed by atoms with van der Waals surface area (Å²) >= 11 is 3.33. The van der Waals surface area contributed by atoms with E-state index in [4.69, 9.17) is 5.73 Å². The molecule has 0 saturated carbocycles. The Hall–Kier alpha value is -1.44. The van der Waals surface area contributed by atoms with Crippen LogP contribution >= 0.6 is 15.9 Å². The molecule has 0 aromatic heterocycles. The molecule has 3 N–H and O–H groups in total. The first-order valence-electron chi connectivity index (χ1n) is 6.11. The Morgan fingerprint density at radius 1 is 1.24 bits per heavy atom. The zero-order valence-corrected chi connectivity index (χ0v) is 13.6. The summed E-state index contributed by atoms with van der Waals surface area (Å²) in [6, 6.07) is 8.77. The largest absolute Gasteiger partial charge is 0.326 e. The van der Waals surface area contributed by atoms with Crippen molar-refractivity contribution in [3.63, 3.8) is 0 Å². The maximum atomic E-state index is 13.8. The molecule has 0 spiro atoms. The Labute approximate surface area is 131 Å². The average Bonchev–Trinajstić information content (AvgIpc) is 2.43. The van der Waals surface area contributed by atoms with Gasteiger partial charge in [-0.05, 0) is 48.4 Å². The smallest absolute Gasteiger partial charge is 0.264 e. The van der Waals surface area contributed by atoms with E-state index in [1.165, 1.54) is 12.1 Å². The molecule has 0 heterocycles. The monoisotopic (exact) mass is 372 g/mol. The van der Waals surface area contributed by atoms with E-state index in [9.17, 15) is 12.8 Å². The molecule has 0 fully saturated rings. The summed E-state index contributed by atoms with van der Waals surface area (Å²) in [4.78, 5) is -0.411. The summed E-state index contributed by atoms with van der Waals surface area (Å²) in [5.41, 5.74) is 7.24. The molecule has 0 aliphatic rings. The van der Waals surface area contributed by atoms with E-state index in [1.807, 2.05) is 6.92 Å². The van der Waals surface area contributed by atoms with Crippen molar-refractivity contribution in [2.45, 2.75) is 18.4 Å². The predicted octanol–water partition coefficient (Wildman–Crippen LogP) is 3.16. The molecule has 21 heavy (non-hydrogen) atoms. The van der Waals surface area contributed by atoms with Crippen LogP contribution in [-0.4, -0.2) is 8.42 Å². The highest BCUT2D eigenvalue weighted by Gasteiger charge is 2.19. The molecule has 2 rings (SSSR count). The SMILES string of the molecule is Cc1cc(NS(=O)(=O)c2cc(CN)ccc2F)ccc1Br. The minimum absolute atomic E-state index is 0.139. The van der Waals surface area contributed by atoms with E-state index in [-0.39, 0.29) is 6.54 Å². The van der Waals surface area contributed by atoms with Crippen LogP contribution in [-0.2, 0) is 16.6 Å². The van der Waals surface area contributed by atoms with Gasteiger partial charge in [0.1, 0.15) is 10.7 Å². The third-order valence-corrected chi connectivity index (χ3v) is 5.22. The van der Waals surface area contributed by atoms with Gasteiger partial charge in [0.05, 0.1) is 0 Å². The lowest BCUT2D eigenvalue weighted by atomic mass is 10.2. The normalized spacial score (nSPS) is 11.4. The highest BCUT2D eigenvalue weighted by Crippen LogP contribution is 2.24. The van der Waals surface area contributed by atoms with Crippen LogP contribution in [0.2, 0.25) is 0 Å². The van der Waals surface area contributed by atoms with E-state index >= 15 is 0 Å². The lowest BCUT2D eigenvalue weighted by molar-refractivity contribution is 0.569. The molecule has 0 saturated heterocycles. The minimum atomic E-state index is -4.00. The summed E-state index contributed by atoms with van der Waals surface area (Å²) in [7, 11) is -4.00. The highest BCUT2D eigenvalue weighted by atomic mass is 79.9. The molecule has 7 heteroatoms. The van der Waals surface area contributed by atoms with Gasteiger partial charge in [-0.3, -0.25) is 4.72 Å². The van der Waals surface area contributed by atoms with Crippen LogP contribution in [0.4, 0.5) is 10.1 Å². The highest BCUT2D eigenvalue weighted by molar-refractivity contribution is 9.10. The molecular weight excluding hydrogens is 359 g/mol. The summed E-state index contributed by atoms with van der Waals surface area (Å²) in [6.45, 7) is 1.97. The summed E-state index contributed by atoms with van der Waals surface area (Å²) < 4.78 is 41.6. The predicted molar refractivity (Wildman–Crippen MR) is 84.0 cm³/mol. The van der Waals surface area contributed by atoms with Crippen molar-refractivity contribution in [1.82, 2.24) is 0 Å². The van der Waals surface area contributed by atoms with Crippen LogP contribution < -0.4 is 10.5 Å². The summed E-state index contributed by atoms with van der Waals surface area (Å²) in [5, 5.41) is 0. The fourth-order valence-corrected chi connectivity index (χ4v) is 3.22. The molecule has 4 nitrogen and oxygen atoms in total. The Bertz CT molecular complexity index is 779. The van der Waals surface area contributed by atoms with E-state index in [2.05, 4.69) is 20.7 Å². The first-order chi connectivity index (χ1) is 9.83. The van der Waals surface area contributed by atoms with E-state index in [0.29, 0.717) is 11.3 Å². The topological polar surface area (TPSA) is 72.2 Å². The molecule has 0 radical (unpaired) electrons. The molecule has 2 aromatic carbocycles. The van der Waals surface area contributed by atoms with Gasteiger partial charge in [-0.25, -0.2) is 12.8 Å². The maximum Gasteiger partial charge on any atom is 0.264 e. The molecule has 0 aliphatic heterocycles. The van der Waals surface area contributed by atoms with Crippen molar-refractivity contribution in [3.05, 3.63) is 57.8 Å². The van der Waals surface area contributed by atoms with Crippen LogP contribution in [0.5, 0.6) is 0 Å². The molecule has 112 valence electrons. The molecule has 0 unspecified atom stereocenters. The molecule has 2 aromatic rings. The lowest BCUT2D eigenvalue weighted by Crippen LogP contribution is -2.15. The number of sulfonamides is 1.